The van der Waals surface area contributed by atoms with E-state index in [2.05, 4.69) is 15.5 Å². The Labute approximate surface area is 167 Å². The molecular formula is C20H22N4O3S. The minimum absolute atomic E-state index is 0.205. The number of aromatic nitrogens is 1. The Morgan fingerprint density at radius 3 is 2.93 bits per heavy atom. The number of amides is 1. The van der Waals surface area contributed by atoms with Crippen LogP contribution in [0.3, 0.4) is 0 Å². The summed E-state index contributed by atoms with van der Waals surface area (Å²) in [6.07, 6.45) is 2.69. The molecule has 8 heteroatoms. The fourth-order valence-corrected chi connectivity index (χ4v) is 3.40. The Bertz CT molecular complexity index is 1000. The number of hydrogen-bond acceptors (Lipinski definition) is 7. The second-order valence-electron chi connectivity index (χ2n) is 6.08. The van der Waals surface area contributed by atoms with Gasteiger partial charge in [0.05, 0.1) is 36.6 Å². The second-order valence-corrected chi connectivity index (χ2v) is 7.15. The Morgan fingerprint density at radius 2 is 2.14 bits per heavy atom. The average Bonchev–Trinajstić information content (AvgIpc) is 3.05. The molecule has 0 bridgehead atoms. The van der Waals surface area contributed by atoms with Crippen LogP contribution in [-0.2, 0) is 11.2 Å². The smallest absolute Gasteiger partial charge is 0.244 e. The lowest BCUT2D eigenvalue weighted by atomic mass is 10.1. The summed E-state index contributed by atoms with van der Waals surface area (Å²) in [5, 5.41) is 4.55. The second kappa shape index (κ2) is 9.18. The van der Waals surface area contributed by atoms with Crippen molar-refractivity contribution in [3.63, 3.8) is 0 Å². The number of rotatable bonds is 8. The molecule has 0 spiro atoms. The van der Waals surface area contributed by atoms with Crippen molar-refractivity contribution in [3.05, 3.63) is 47.5 Å². The van der Waals surface area contributed by atoms with E-state index in [1.54, 1.807) is 13.3 Å². The van der Waals surface area contributed by atoms with E-state index in [0.29, 0.717) is 23.2 Å². The van der Waals surface area contributed by atoms with Crippen molar-refractivity contribution >= 4 is 38.8 Å². The van der Waals surface area contributed by atoms with E-state index in [0.717, 1.165) is 27.8 Å². The number of methoxy groups -OCH3 is 1. The molecule has 0 unspecified atom stereocenters. The van der Waals surface area contributed by atoms with Crippen LogP contribution in [0.15, 0.2) is 41.5 Å². The van der Waals surface area contributed by atoms with Crippen molar-refractivity contribution in [2.24, 2.45) is 5.10 Å². The van der Waals surface area contributed by atoms with Gasteiger partial charge in [-0.2, -0.15) is 5.10 Å². The fraction of sp³-hybridized carbons (Fsp3) is 0.250. The van der Waals surface area contributed by atoms with Gasteiger partial charge in [0.2, 0.25) is 5.91 Å². The quantitative estimate of drug-likeness (QED) is 0.448. The molecular weight excluding hydrogens is 376 g/mol. The van der Waals surface area contributed by atoms with Crippen LogP contribution in [0.2, 0.25) is 0 Å². The van der Waals surface area contributed by atoms with Crippen LogP contribution in [0.25, 0.3) is 10.2 Å². The average molecular weight is 398 g/mol. The molecule has 7 nitrogen and oxygen atoms in total. The SMILES string of the molecule is CCCOc1cc(/C=N\NC(=O)Cc2ccc3nc(N)sc3c2)ccc1OC. The highest BCUT2D eigenvalue weighted by Gasteiger charge is 2.07. The third-order valence-electron chi connectivity index (χ3n) is 3.89. The van der Waals surface area contributed by atoms with Crippen molar-refractivity contribution in [2.75, 3.05) is 19.5 Å². The van der Waals surface area contributed by atoms with Gasteiger partial charge in [-0.05, 0) is 47.9 Å². The summed E-state index contributed by atoms with van der Waals surface area (Å²) >= 11 is 1.40. The van der Waals surface area contributed by atoms with Crippen molar-refractivity contribution < 1.29 is 14.3 Å². The molecule has 3 N–H and O–H groups in total. The van der Waals surface area contributed by atoms with Crippen LogP contribution in [-0.4, -0.2) is 30.8 Å². The number of benzene rings is 2. The maximum atomic E-state index is 12.1. The summed E-state index contributed by atoms with van der Waals surface area (Å²) in [6, 6.07) is 11.1. The van der Waals surface area contributed by atoms with Gasteiger partial charge in [0, 0.05) is 0 Å². The fourth-order valence-electron chi connectivity index (χ4n) is 2.60. The molecule has 3 rings (SSSR count). The standard InChI is InChI=1S/C20H22N4O3S/c1-3-8-27-17-9-14(5-7-16(17)26-2)12-22-24-19(25)11-13-4-6-15-18(10-13)28-20(21)23-15/h4-7,9-10,12H,3,8,11H2,1-2H3,(H2,21,23)(H,24,25)/b22-12-. The number of nitrogen functional groups attached to an aromatic ring is 1. The van der Waals surface area contributed by atoms with Crippen LogP contribution < -0.4 is 20.6 Å². The summed E-state index contributed by atoms with van der Waals surface area (Å²) in [7, 11) is 1.60. The van der Waals surface area contributed by atoms with Crippen molar-refractivity contribution in [2.45, 2.75) is 19.8 Å². The van der Waals surface area contributed by atoms with E-state index < -0.39 is 0 Å². The predicted molar refractivity (Wildman–Crippen MR) is 112 cm³/mol. The van der Waals surface area contributed by atoms with Crippen molar-refractivity contribution in [1.82, 2.24) is 10.4 Å². The number of anilines is 1. The van der Waals surface area contributed by atoms with Crippen LogP contribution >= 0.6 is 11.3 Å². The highest BCUT2D eigenvalue weighted by atomic mass is 32.1. The molecule has 0 fully saturated rings. The zero-order chi connectivity index (χ0) is 19.9. The first-order valence-electron chi connectivity index (χ1n) is 8.86. The molecule has 0 saturated carbocycles. The molecule has 0 aliphatic heterocycles. The Balaban J connectivity index is 1.60. The third-order valence-corrected chi connectivity index (χ3v) is 4.73. The lowest BCUT2D eigenvalue weighted by Gasteiger charge is -2.10. The normalized spacial score (nSPS) is 11.1. The van der Waals surface area contributed by atoms with E-state index in [4.69, 9.17) is 15.2 Å². The van der Waals surface area contributed by atoms with Gasteiger partial charge in [-0.25, -0.2) is 10.4 Å². The molecule has 2 aromatic carbocycles. The molecule has 3 aromatic rings. The third kappa shape index (κ3) is 4.98. The Hall–Kier alpha value is -3.13. The lowest BCUT2D eigenvalue weighted by molar-refractivity contribution is -0.120. The van der Waals surface area contributed by atoms with Crippen LogP contribution in [0.1, 0.15) is 24.5 Å². The lowest BCUT2D eigenvalue weighted by Crippen LogP contribution is -2.19. The summed E-state index contributed by atoms with van der Waals surface area (Å²) < 4.78 is 11.9. The zero-order valence-corrected chi connectivity index (χ0v) is 16.6. The molecule has 146 valence electrons. The van der Waals surface area contributed by atoms with Gasteiger partial charge >= 0.3 is 0 Å². The molecule has 1 amide bonds. The van der Waals surface area contributed by atoms with Crippen molar-refractivity contribution in [3.8, 4) is 11.5 Å². The summed E-state index contributed by atoms with van der Waals surface area (Å²) in [5.74, 6) is 1.11. The Kier molecular flexibility index (Phi) is 6.44. The Morgan fingerprint density at radius 1 is 1.29 bits per heavy atom. The van der Waals surface area contributed by atoms with Gasteiger partial charge < -0.3 is 15.2 Å². The largest absolute Gasteiger partial charge is 0.493 e. The molecule has 0 radical (unpaired) electrons. The van der Waals surface area contributed by atoms with Crippen molar-refractivity contribution in [1.29, 1.82) is 0 Å². The highest BCUT2D eigenvalue weighted by molar-refractivity contribution is 7.22. The maximum Gasteiger partial charge on any atom is 0.244 e. The van der Waals surface area contributed by atoms with Gasteiger partial charge in [-0.15, -0.1) is 0 Å². The molecule has 28 heavy (non-hydrogen) atoms. The number of hydrogen-bond donors (Lipinski definition) is 2. The van der Waals surface area contributed by atoms with E-state index in [-0.39, 0.29) is 12.3 Å². The van der Waals surface area contributed by atoms with E-state index >= 15 is 0 Å². The molecule has 0 saturated heterocycles. The monoisotopic (exact) mass is 398 g/mol. The maximum absolute atomic E-state index is 12.1. The molecule has 0 aliphatic rings. The number of hydrazone groups is 1. The van der Waals surface area contributed by atoms with E-state index in [9.17, 15) is 4.79 Å². The summed E-state index contributed by atoms with van der Waals surface area (Å²) in [5.41, 5.74) is 10.8. The topological polar surface area (TPSA) is 98.8 Å². The summed E-state index contributed by atoms with van der Waals surface area (Å²) in [4.78, 5) is 16.4. The van der Waals surface area contributed by atoms with E-state index in [1.165, 1.54) is 11.3 Å². The minimum atomic E-state index is -0.205. The van der Waals surface area contributed by atoms with Gasteiger partial charge in [0.15, 0.2) is 16.6 Å². The van der Waals surface area contributed by atoms with Gasteiger partial charge in [0.1, 0.15) is 0 Å². The number of thiazole rings is 1. The number of carbonyl (C=O) groups excluding carboxylic acids is 1. The number of ether oxygens (including phenoxy) is 2. The first-order chi connectivity index (χ1) is 13.6. The first-order valence-corrected chi connectivity index (χ1v) is 9.68. The number of nitrogens with two attached hydrogens (primary N) is 1. The number of carbonyl (C=O) groups is 1. The molecule has 1 aromatic heterocycles. The number of nitrogens with zero attached hydrogens (tertiary/aromatic N) is 2. The van der Waals surface area contributed by atoms with E-state index in [1.807, 2.05) is 43.3 Å². The van der Waals surface area contributed by atoms with Crippen LogP contribution in [0.4, 0.5) is 5.13 Å². The van der Waals surface area contributed by atoms with Crippen LogP contribution in [0, 0.1) is 0 Å². The zero-order valence-electron chi connectivity index (χ0n) is 15.8. The van der Waals surface area contributed by atoms with Gasteiger partial charge in [-0.1, -0.05) is 24.3 Å². The minimum Gasteiger partial charge on any atom is -0.493 e. The summed E-state index contributed by atoms with van der Waals surface area (Å²) in [6.45, 7) is 2.64. The highest BCUT2D eigenvalue weighted by Crippen LogP contribution is 2.27. The van der Waals surface area contributed by atoms with Gasteiger partial charge in [0.25, 0.3) is 0 Å². The van der Waals surface area contributed by atoms with Crippen LogP contribution in [0.5, 0.6) is 11.5 Å². The molecule has 0 aliphatic carbocycles. The van der Waals surface area contributed by atoms with Gasteiger partial charge in [-0.3, -0.25) is 4.79 Å². The first kappa shape index (κ1) is 19.6. The predicted octanol–water partition coefficient (Wildman–Crippen LogP) is 3.37. The molecule has 0 atom stereocenters. The molecule has 1 heterocycles. The number of fused-ring (bicyclic) bond motifs is 1. The number of nitrogens with one attached hydrogen (secondary N) is 1.